The highest BCUT2D eigenvalue weighted by Crippen LogP contribution is 2.18. The van der Waals surface area contributed by atoms with Gasteiger partial charge in [0, 0.05) is 12.8 Å². The molecular formula is C16H22N2O6. The SMILES string of the molecule is COC(=O)C(C)(Cc1ccc(O)cc1)NC(=O)CCC(N)C(=O)O. The number of rotatable bonds is 8. The average Bonchev–Trinajstić information content (AvgIpc) is 2.53. The number of carbonyl (C=O) groups excluding carboxylic acids is 2. The Bertz CT molecular complexity index is 601. The Morgan fingerprint density at radius 1 is 1.29 bits per heavy atom. The van der Waals surface area contributed by atoms with E-state index in [1.54, 1.807) is 12.1 Å². The lowest BCUT2D eigenvalue weighted by Gasteiger charge is -2.28. The highest BCUT2D eigenvalue weighted by molar-refractivity contribution is 5.88. The van der Waals surface area contributed by atoms with Crippen LogP contribution in [0, 0.1) is 0 Å². The van der Waals surface area contributed by atoms with Gasteiger partial charge in [0.1, 0.15) is 17.3 Å². The van der Waals surface area contributed by atoms with Crippen molar-refractivity contribution < 1.29 is 29.3 Å². The van der Waals surface area contributed by atoms with Crippen LogP contribution in [0.1, 0.15) is 25.3 Å². The normalized spacial score (nSPS) is 14.3. The molecular weight excluding hydrogens is 316 g/mol. The highest BCUT2D eigenvalue weighted by Gasteiger charge is 2.36. The Kier molecular flexibility index (Phi) is 6.72. The standard InChI is InChI=1S/C16H22N2O6/c1-16(15(23)24-2,9-10-3-5-11(19)6-4-10)18-13(20)8-7-12(17)14(21)22/h3-6,12,19H,7-9,17H2,1-2H3,(H,18,20)(H,21,22). The number of ether oxygens (including phenoxy) is 1. The lowest BCUT2D eigenvalue weighted by molar-refractivity contribution is -0.150. The predicted molar refractivity (Wildman–Crippen MR) is 85.2 cm³/mol. The number of nitrogens with one attached hydrogen (secondary N) is 1. The van der Waals surface area contributed by atoms with Gasteiger partial charge in [-0.3, -0.25) is 9.59 Å². The molecule has 5 N–H and O–H groups in total. The number of carboxylic acid groups (broad SMARTS) is 1. The van der Waals surface area contributed by atoms with E-state index in [-0.39, 0.29) is 25.0 Å². The van der Waals surface area contributed by atoms with Crippen molar-refractivity contribution in [2.75, 3.05) is 7.11 Å². The average molecular weight is 338 g/mol. The number of aromatic hydroxyl groups is 1. The zero-order valence-electron chi connectivity index (χ0n) is 13.6. The van der Waals surface area contributed by atoms with E-state index in [0.29, 0.717) is 5.56 Å². The van der Waals surface area contributed by atoms with Crippen LogP contribution < -0.4 is 11.1 Å². The molecule has 0 aliphatic rings. The van der Waals surface area contributed by atoms with Crippen molar-refractivity contribution in [3.8, 4) is 5.75 Å². The summed E-state index contributed by atoms with van der Waals surface area (Å²) < 4.78 is 4.75. The lowest BCUT2D eigenvalue weighted by atomic mass is 9.92. The van der Waals surface area contributed by atoms with Crippen LogP contribution in [-0.2, 0) is 25.5 Å². The van der Waals surface area contributed by atoms with E-state index >= 15 is 0 Å². The third kappa shape index (κ3) is 5.54. The van der Waals surface area contributed by atoms with Crippen LogP contribution in [0.2, 0.25) is 0 Å². The van der Waals surface area contributed by atoms with E-state index in [0.717, 1.165) is 0 Å². The second-order valence-electron chi connectivity index (χ2n) is 5.70. The summed E-state index contributed by atoms with van der Waals surface area (Å²) in [6, 6.07) is 5.06. The zero-order chi connectivity index (χ0) is 18.3. The maximum absolute atomic E-state index is 12.1. The number of esters is 1. The molecule has 8 heteroatoms. The predicted octanol–water partition coefficient (Wildman–Crippen LogP) is 0.175. The quantitative estimate of drug-likeness (QED) is 0.496. The number of carbonyl (C=O) groups is 3. The first-order valence-corrected chi connectivity index (χ1v) is 7.33. The molecule has 132 valence electrons. The van der Waals surface area contributed by atoms with Gasteiger partial charge >= 0.3 is 11.9 Å². The summed E-state index contributed by atoms with van der Waals surface area (Å²) in [6.45, 7) is 1.51. The molecule has 0 heterocycles. The first kappa shape index (κ1) is 19.4. The molecule has 2 atom stereocenters. The molecule has 2 unspecified atom stereocenters. The van der Waals surface area contributed by atoms with Gasteiger partial charge in [-0.15, -0.1) is 0 Å². The molecule has 0 aromatic heterocycles. The molecule has 0 radical (unpaired) electrons. The molecule has 1 rings (SSSR count). The number of phenolic OH excluding ortho intramolecular Hbond substituents is 1. The lowest BCUT2D eigenvalue weighted by Crippen LogP contribution is -2.54. The van der Waals surface area contributed by atoms with Crippen LogP contribution in [0.25, 0.3) is 0 Å². The van der Waals surface area contributed by atoms with Crippen molar-refractivity contribution >= 4 is 17.8 Å². The molecule has 0 bridgehead atoms. The maximum atomic E-state index is 12.1. The van der Waals surface area contributed by atoms with Gasteiger partial charge in [0.15, 0.2) is 0 Å². The fourth-order valence-corrected chi connectivity index (χ4v) is 2.19. The number of methoxy groups -OCH3 is 1. The Hall–Kier alpha value is -2.61. The molecule has 0 saturated heterocycles. The van der Waals surface area contributed by atoms with Crippen molar-refractivity contribution in [1.82, 2.24) is 5.32 Å². The molecule has 0 aliphatic carbocycles. The van der Waals surface area contributed by atoms with Gasteiger partial charge < -0.3 is 26.0 Å². The monoisotopic (exact) mass is 338 g/mol. The minimum absolute atomic E-state index is 0.0440. The number of benzene rings is 1. The Morgan fingerprint density at radius 3 is 2.38 bits per heavy atom. The van der Waals surface area contributed by atoms with Crippen molar-refractivity contribution in [3.63, 3.8) is 0 Å². The Morgan fingerprint density at radius 2 is 1.88 bits per heavy atom. The van der Waals surface area contributed by atoms with Crippen LogP contribution in [0.15, 0.2) is 24.3 Å². The van der Waals surface area contributed by atoms with E-state index < -0.39 is 29.4 Å². The first-order chi connectivity index (χ1) is 11.2. The van der Waals surface area contributed by atoms with Crippen LogP contribution in [0.5, 0.6) is 5.75 Å². The summed E-state index contributed by atoms with van der Waals surface area (Å²) in [4.78, 5) is 34.8. The van der Waals surface area contributed by atoms with Gasteiger partial charge in [0.25, 0.3) is 0 Å². The second-order valence-corrected chi connectivity index (χ2v) is 5.70. The molecule has 1 aromatic rings. The first-order valence-electron chi connectivity index (χ1n) is 7.33. The van der Waals surface area contributed by atoms with Gasteiger partial charge in [0.05, 0.1) is 7.11 Å². The van der Waals surface area contributed by atoms with Gasteiger partial charge in [-0.1, -0.05) is 12.1 Å². The minimum atomic E-state index is -1.32. The molecule has 0 aliphatic heterocycles. The summed E-state index contributed by atoms with van der Waals surface area (Å²) >= 11 is 0. The van der Waals surface area contributed by atoms with Gasteiger partial charge in [0.2, 0.25) is 5.91 Å². The Balaban J connectivity index is 2.80. The summed E-state index contributed by atoms with van der Waals surface area (Å²) in [7, 11) is 1.21. The third-order valence-electron chi connectivity index (χ3n) is 3.54. The number of nitrogens with two attached hydrogens (primary N) is 1. The van der Waals surface area contributed by atoms with Crippen molar-refractivity contribution in [2.45, 2.75) is 37.8 Å². The fourth-order valence-electron chi connectivity index (χ4n) is 2.19. The summed E-state index contributed by atoms with van der Waals surface area (Å²) in [5.41, 5.74) is 4.75. The molecule has 0 saturated carbocycles. The maximum Gasteiger partial charge on any atom is 0.331 e. The van der Waals surface area contributed by atoms with Crippen LogP contribution in [0.4, 0.5) is 0 Å². The summed E-state index contributed by atoms with van der Waals surface area (Å²) in [6.07, 6.45) is -0.0239. The number of amides is 1. The molecule has 8 nitrogen and oxygen atoms in total. The van der Waals surface area contributed by atoms with Crippen molar-refractivity contribution in [3.05, 3.63) is 29.8 Å². The number of carboxylic acids is 1. The second kappa shape index (κ2) is 8.30. The van der Waals surface area contributed by atoms with Gasteiger partial charge in [-0.25, -0.2) is 4.79 Å². The molecule has 24 heavy (non-hydrogen) atoms. The van der Waals surface area contributed by atoms with E-state index in [1.165, 1.54) is 26.2 Å². The van der Waals surface area contributed by atoms with Crippen LogP contribution in [-0.4, -0.2) is 46.7 Å². The minimum Gasteiger partial charge on any atom is -0.508 e. The van der Waals surface area contributed by atoms with E-state index in [2.05, 4.69) is 5.32 Å². The smallest absolute Gasteiger partial charge is 0.331 e. The summed E-state index contributed by atoms with van der Waals surface area (Å²) in [5, 5.41) is 20.6. The van der Waals surface area contributed by atoms with Crippen molar-refractivity contribution in [2.24, 2.45) is 5.73 Å². The van der Waals surface area contributed by atoms with E-state index in [1.807, 2.05) is 0 Å². The van der Waals surface area contributed by atoms with Gasteiger partial charge in [-0.05, 0) is 31.0 Å². The number of phenols is 1. The topological polar surface area (TPSA) is 139 Å². The van der Waals surface area contributed by atoms with E-state index in [4.69, 9.17) is 15.6 Å². The Labute approximate surface area is 139 Å². The zero-order valence-corrected chi connectivity index (χ0v) is 13.6. The molecule has 0 fully saturated rings. The number of hydrogen-bond acceptors (Lipinski definition) is 6. The largest absolute Gasteiger partial charge is 0.508 e. The molecule has 1 aromatic carbocycles. The van der Waals surface area contributed by atoms with Crippen LogP contribution in [0.3, 0.4) is 0 Å². The highest BCUT2D eigenvalue weighted by atomic mass is 16.5. The number of aliphatic carboxylic acids is 1. The molecule has 1 amide bonds. The molecule has 0 spiro atoms. The third-order valence-corrected chi connectivity index (χ3v) is 3.54. The van der Waals surface area contributed by atoms with E-state index in [9.17, 15) is 19.5 Å². The number of hydrogen-bond donors (Lipinski definition) is 4. The van der Waals surface area contributed by atoms with Crippen LogP contribution >= 0.6 is 0 Å². The fraction of sp³-hybridized carbons (Fsp3) is 0.438. The van der Waals surface area contributed by atoms with Gasteiger partial charge in [-0.2, -0.15) is 0 Å². The van der Waals surface area contributed by atoms with Crippen molar-refractivity contribution in [1.29, 1.82) is 0 Å². The summed E-state index contributed by atoms with van der Waals surface area (Å²) in [5.74, 6) is -2.24.